The average Bonchev–Trinajstić information content (AvgIpc) is 2.67. The fourth-order valence-electron chi connectivity index (χ4n) is 1.52. The van der Waals surface area contributed by atoms with Crippen LogP contribution in [0.3, 0.4) is 0 Å². The molecule has 0 aliphatic rings. The highest BCUT2D eigenvalue weighted by atomic mass is 35.5. The largest absolute Gasteiger partial charge is 0.297 e. The van der Waals surface area contributed by atoms with E-state index in [1.807, 2.05) is 0 Å². The molecular weight excluding hydrogens is 243 g/mol. The van der Waals surface area contributed by atoms with Gasteiger partial charge in [-0.15, -0.1) is 0 Å². The molecule has 0 N–H and O–H groups in total. The second-order valence-corrected chi connectivity index (χ2v) is 4.10. The summed E-state index contributed by atoms with van der Waals surface area (Å²) in [6.07, 6.45) is 3.07. The zero-order chi connectivity index (χ0) is 12.3. The van der Waals surface area contributed by atoms with Crippen molar-refractivity contribution in [2.45, 2.75) is 13.0 Å². The van der Waals surface area contributed by atoms with Crippen molar-refractivity contribution in [1.29, 1.82) is 0 Å². The van der Waals surface area contributed by atoms with E-state index in [1.165, 1.54) is 16.9 Å². The Labute approximate surface area is 103 Å². The molecule has 0 atom stereocenters. The SMILES string of the molecule is O=C(Cc1ccccc1F)Cn1cc(Cl)cn1. The van der Waals surface area contributed by atoms with Crippen LogP contribution in [0.1, 0.15) is 5.56 Å². The third-order valence-corrected chi connectivity index (χ3v) is 2.48. The molecule has 3 nitrogen and oxygen atoms in total. The monoisotopic (exact) mass is 252 g/mol. The van der Waals surface area contributed by atoms with Gasteiger partial charge in [0.25, 0.3) is 0 Å². The van der Waals surface area contributed by atoms with Crippen LogP contribution in [0, 0.1) is 5.82 Å². The summed E-state index contributed by atoms with van der Waals surface area (Å²) in [4.78, 5) is 11.7. The summed E-state index contributed by atoms with van der Waals surface area (Å²) in [5.74, 6) is -0.478. The molecule has 0 spiro atoms. The lowest BCUT2D eigenvalue weighted by Crippen LogP contribution is -2.13. The van der Waals surface area contributed by atoms with E-state index in [0.29, 0.717) is 10.6 Å². The molecule has 0 fully saturated rings. The molecule has 1 aromatic heterocycles. The molecule has 0 amide bonds. The minimum absolute atomic E-state index is 0.0597. The molecular formula is C12H10ClFN2O. The van der Waals surface area contributed by atoms with Crippen molar-refractivity contribution in [2.24, 2.45) is 0 Å². The van der Waals surface area contributed by atoms with E-state index < -0.39 is 0 Å². The first kappa shape index (κ1) is 11.8. The predicted octanol–water partition coefficient (Wildman–Crippen LogP) is 2.49. The van der Waals surface area contributed by atoms with E-state index in [9.17, 15) is 9.18 Å². The van der Waals surface area contributed by atoms with E-state index >= 15 is 0 Å². The topological polar surface area (TPSA) is 34.9 Å². The third-order valence-electron chi connectivity index (χ3n) is 2.29. The van der Waals surface area contributed by atoms with Crippen LogP contribution in [0.2, 0.25) is 5.02 Å². The van der Waals surface area contributed by atoms with Gasteiger partial charge in [0.2, 0.25) is 0 Å². The second-order valence-electron chi connectivity index (χ2n) is 3.66. The Morgan fingerprint density at radius 3 is 2.82 bits per heavy atom. The molecule has 2 rings (SSSR count). The quantitative estimate of drug-likeness (QED) is 0.838. The maximum Gasteiger partial charge on any atom is 0.158 e. The van der Waals surface area contributed by atoms with Gasteiger partial charge in [-0.2, -0.15) is 5.10 Å². The van der Waals surface area contributed by atoms with Gasteiger partial charge in [0.05, 0.1) is 17.8 Å². The van der Waals surface area contributed by atoms with Crippen molar-refractivity contribution < 1.29 is 9.18 Å². The third kappa shape index (κ3) is 3.14. The first-order valence-corrected chi connectivity index (χ1v) is 5.46. The number of aromatic nitrogens is 2. The summed E-state index contributed by atoms with van der Waals surface area (Å²) in [6, 6.07) is 6.24. The van der Waals surface area contributed by atoms with Crippen LogP contribution in [-0.4, -0.2) is 15.6 Å². The molecule has 0 bridgehead atoms. The number of halogens is 2. The van der Waals surface area contributed by atoms with E-state index in [0.717, 1.165) is 0 Å². The fraction of sp³-hybridized carbons (Fsp3) is 0.167. The molecule has 5 heteroatoms. The number of carbonyl (C=O) groups is 1. The van der Waals surface area contributed by atoms with Crippen LogP contribution in [0.15, 0.2) is 36.7 Å². The summed E-state index contributed by atoms with van der Waals surface area (Å²) in [5.41, 5.74) is 0.399. The molecule has 2 aromatic rings. The molecule has 88 valence electrons. The normalized spacial score (nSPS) is 10.5. The van der Waals surface area contributed by atoms with E-state index in [-0.39, 0.29) is 24.6 Å². The summed E-state index contributed by atoms with van der Waals surface area (Å²) in [6.45, 7) is 0.0983. The highest BCUT2D eigenvalue weighted by molar-refractivity contribution is 6.30. The first-order valence-electron chi connectivity index (χ1n) is 5.08. The number of rotatable bonds is 4. The molecule has 1 heterocycles. The minimum atomic E-state index is -0.362. The van der Waals surface area contributed by atoms with Crippen molar-refractivity contribution in [3.8, 4) is 0 Å². The molecule has 0 saturated heterocycles. The standard InChI is InChI=1S/C12H10ClFN2O/c13-10-6-15-16(7-10)8-11(17)5-9-3-1-2-4-12(9)14/h1-4,6-7H,5,8H2. The molecule has 0 aliphatic heterocycles. The maximum absolute atomic E-state index is 13.3. The number of Topliss-reactive ketones (excluding diaryl/α,β-unsaturated/α-hetero) is 1. The number of ketones is 1. The molecule has 0 aliphatic carbocycles. The first-order chi connectivity index (χ1) is 8.15. The Morgan fingerprint density at radius 2 is 2.18 bits per heavy atom. The number of hydrogen-bond donors (Lipinski definition) is 0. The Kier molecular flexibility index (Phi) is 3.54. The smallest absolute Gasteiger partial charge is 0.158 e. The molecule has 17 heavy (non-hydrogen) atoms. The average molecular weight is 253 g/mol. The lowest BCUT2D eigenvalue weighted by Gasteiger charge is -2.02. The maximum atomic E-state index is 13.3. The van der Waals surface area contributed by atoms with Crippen molar-refractivity contribution in [2.75, 3.05) is 0 Å². The van der Waals surface area contributed by atoms with Crippen LogP contribution in [0.4, 0.5) is 4.39 Å². The van der Waals surface area contributed by atoms with Gasteiger partial charge >= 0.3 is 0 Å². The van der Waals surface area contributed by atoms with E-state index in [2.05, 4.69) is 5.10 Å². The van der Waals surface area contributed by atoms with E-state index in [1.54, 1.807) is 24.4 Å². The van der Waals surface area contributed by atoms with Crippen molar-refractivity contribution in [3.05, 3.63) is 53.1 Å². The van der Waals surface area contributed by atoms with Crippen LogP contribution in [0.5, 0.6) is 0 Å². The van der Waals surface area contributed by atoms with Crippen LogP contribution in [0.25, 0.3) is 0 Å². The van der Waals surface area contributed by atoms with Gasteiger partial charge in [-0.05, 0) is 11.6 Å². The van der Waals surface area contributed by atoms with Crippen LogP contribution >= 0.6 is 11.6 Å². The molecule has 0 radical (unpaired) electrons. The second kappa shape index (κ2) is 5.10. The zero-order valence-corrected chi connectivity index (χ0v) is 9.69. The van der Waals surface area contributed by atoms with Gasteiger partial charge < -0.3 is 0 Å². The van der Waals surface area contributed by atoms with Crippen molar-refractivity contribution in [1.82, 2.24) is 9.78 Å². The molecule has 0 saturated carbocycles. The zero-order valence-electron chi connectivity index (χ0n) is 8.94. The van der Waals surface area contributed by atoms with Crippen molar-refractivity contribution >= 4 is 17.4 Å². The van der Waals surface area contributed by atoms with Gasteiger partial charge in [0.15, 0.2) is 5.78 Å². The Morgan fingerprint density at radius 1 is 1.41 bits per heavy atom. The predicted molar refractivity (Wildman–Crippen MR) is 62.3 cm³/mol. The number of hydrogen-bond acceptors (Lipinski definition) is 2. The number of carbonyl (C=O) groups excluding carboxylic acids is 1. The summed E-state index contributed by atoms with van der Waals surface area (Å²) in [7, 11) is 0. The Bertz CT molecular complexity index is 539. The van der Waals surface area contributed by atoms with Gasteiger partial charge in [-0.3, -0.25) is 9.48 Å². The minimum Gasteiger partial charge on any atom is -0.297 e. The highest BCUT2D eigenvalue weighted by Gasteiger charge is 2.09. The summed E-state index contributed by atoms with van der Waals surface area (Å²) < 4.78 is 14.7. The van der Waals surface area contributed by atoms with Gasteiger partial charge in [0.1, 0.15) is 5.82 Å². The molecule has 1 aromatic carbocycles. The fourth-order valence-corrected chi connectivity index (χ4v) is 1.67. The molecule has 0 unspecified atom stereocenters. The van der Waals surface area contributed by atoms with Crippen LogP contribution < -0.4 is 0 Å². The summed E-state index contributed by atoms with van der Waals surface area (Å²) >= 11 is 5.67. The lowest BCUT2D eigenvalue weighted by molar-refractivity contribution is -0.119. The number of nitrogens with zero attached hydrogens (tertiary/aromatic N) is 2. The highest BCUT2D eigenvalue weighted by Crippen LogP contribution is 2.09. The lowest BCUT2D eigenvalue weighted by atomic mass is 10.1. The van der Waals surface area contributed by atoms with Gasteiger partial charge in [-0.25, -0.2) is 4.39 Å². The Hall–Kier alpha value is -1.68. The van der Waals surface area contributed by atoms with Gasteiger partial charge in [-0.1, -0.05) is 29.8 Å². The summed E-state index contributed by atoms with van der Waals surface area (Å²) in [5, 5.41) is 4.37. The van der Waals surface area contributed by atoms with E-state index in [4.69, 9.17) is 11.6 Å². The van der Waals surface area contributed by atoms with Crippen molar-refractivity contribution in [3.63, 3.8) is 0 Å². The number of benzene rings is 1. The Balaban J connectivity index is 2.01. The van der Waals surface area contributed by atoms with Gasteiger partial charge in [0, 0.05) is 12.6 Å². The van der Waals surface area contributed by atoms with Crippen LogP contribution in [-0.2, 0) is 17.8 Å².